The fourth-order valence-corrected chi connectivity index (χ4v) is 1.67. The summed E-state index contributed by atoms with van der Waals surface area (Å²) in [6.07, 6.45) is 5.57. The SMILES string of the molecule is CCCCC[C@H]1OC(=O)C[C@H]1C. The van der Waals surface area contributed by atoms with Gasteiger partial charge >= 0.3 is 5.97 Å². The van der Waals surface area contributed by atoms with E-state index in [1.807, 2.05) is 0 Å². The van der Waals surface area contributed by atoms with Gasteiger partial charge in [-0.2, -0.15) is 0 Å². The van der Waals surface area contributed by atoms with Crippen LogP contribution in [0.1, 0.15) is 46.0 Å². The van der Waals surface area contributed by atoms with E-state index in [0.717, 1.165) is 6.42 Å². The zero-order chi connectivity index (χ0) is 8.97. The lowest BCUT2D eigenvalue weighted by atomic mass is 9.99. The molecule has 1 saturated heterocycles. The molecule has 2 atom stereocenters. The number of hydrogen-bond acceptors (Lipinski definition) is 2. The highest BCUT2D eigenvalue weighted by Crippen LogP contribution is 2.25. The zero-order valence-corrected chi connectivity index (χ0v) is 8.01. The lowest BCUT2D eigenvalue weighted by Crippen LogP contribution is -2.12. The van der Waals surface area contributed by atoms with Gasteiger partial charge in [-0.3, -0.25) is 4.79 Å². The van der Waals surface area contributed by atoms with E-state index >= 15 is 0 Å². The Morgan fingerprint density at radius 1 is 1.50 bits per heavy atom. The average molecular weight is 170 g/mol. The van der Waals surface area contributed by atoms with E-state index in [0.29, 0.717) is 12.3 Å². The summed E-state index contributed by atoms with van der Waals surface area (Å²) in [4.78, 5) is 10.9. The van der Waals surface area contributed by atoms with Crippen LogP contribution in [0.25, 0.3) is 0 Å². The van der Waals surface area contributed by atoms with E-state index in [9.17, 15) is 4.79 Å². The van der Waals surface area contributed by atoms with Crippen molar-refractivity contribution in [1.82, 2.24) is 0 Å². The Labute approximate surface area is 74.3 Å². The van der Waals surface area contributed by atoms with Crippen LogP contribution in [0, 0.1) is 5.92 Å². The number of cyclic esters (lactones) is 1. The molecule has 70 valence electrons. The van der Waals surface area contributed by atoms with Gasteiger partial charge in [0.05, 0.1) is 6.42 Å². The second kappa shape index (κ2) is 4.48. The van der Waals surface area contributed by atoms with Crippen molar-refractivity contribution in [3.8, 4) is 0 Å². The van der Waals surface area contributed by atoms with Crippen LogP contribution in [-0.2, 0) is 9.53 Å². The third kappa shape index (κ3) is 2.50. The first kappa shape index (κ1) is 9.56. The van der Waals surface area contributed by atoms with Crippen LogP contribution in [0.4, 0.5) is 0 Å². The lowest BCUT2D eigenvalue weighted by Gasteiger charge is -2.12. The molecule has 12 heavy (non-hydrogen) atoms. The zero-order valence-electron chi connectivity index (χ0n) is 8.01. The average Bonchev–Trinajstić information content (AvgIpc) is 2.31. The molecular weight excluding hydrogens is 152 g/mol. The fraction of sp³-hybridized carbons (Fsp3) is 0.900. The van der Waals surface area contributed by atoms with Crippen molar-refractivity contribution >= 4 is 5.97 Å². The van der Waals surface area contributed by atoms with E-state index in [1.54, 1.807) is 0 Å². The second-order valence-electron chi connectivity index (χ2n) is 3.71. The summed E-state index contributed by atoms with van der Waals surface area (Å²) in [6.45, 7) is 4.28. The van der Waals surface area contributed by atoms with E-state index in [-0.39, 0.29) is 12.1 Å². The Bertz CT molecular complexity index is 154. The molecule has 0 aliphatic carbocycles. The molecule has 1 fully saturated rings. The number of hydrogen-bond donors (Lipinski definition) is 0. The molecule has 0 amide bonds. The van der Waals surface area contributed by atoms with E-state index < -0.39 is 0 Å². The predicted octanol–water partition coefficient (Wildman–Crippen LogP) is 2.52. The minimum absolute atomic E-state index is 0.0102. The molecular formula is C10H18O2. The second-order valence-corrected chi connectivity index (χ2v) is 3.71. The first-order valence-corrected chi connectivity index (χ1v) is 4.93. The maximum atomic E-state index is 10.9. The molecule has 2 nitrogen and oxygen atoms in total. The molecule has 0 radical (unpaired) electrons. The van der Waals surface area contributed by atoms with Gasteiger partial charge in [-0.15, -0.1) is 0 Å². The van der Waals surface area contributed by atoms with Crippen molar-refractivity contribution in [3.63, 3.8) is 0 Å². The molecule has 1 aliphatic heterocycles. The largest absolute Gasteiger partial charge is 0.462 e. The Kier molecular flexibility index (Phi) is 3.57. The van der Waals surface area contributed by atoms with Gasteiger partial charge in [-0.05, 0) is 12.8 Å². The van der Waals surface area contributed by atoms with Crippen molar-refractivity contribution < 1.29 is 9.53 Å². The minimum Gasteiger partial charge on any atom is -0.462 e. The third-order valence-corrected chi connectivity index (χ3v) is 2.50. The van der Waals surface area contributed by atoms with Crippen LogP contribution in [0.2, 0.25) is 0 Å². The summed E-state index contributed by atoms with van der Waals surface area (Å²) in [5, 5.41) is 0. The van der Waals surface area contributed by atoms with Gasteiger partial charge in [-0.25, -0.2) is 0 Å². The molecule has 1 rings (SSSR count). The van der Waals surface area contributed by atoms with Crippen molar-refractivity contribution in [1.29, 1.82) is 0 Å². The maximum absolute atomic E-state index is 10.9. The van der Waals surface area contributed by atoms with Crippen molar-refractivity contribution in [2.24, 2.45) is 5.92 Å². The van der Waals surface area contributed by atoms with Crippen LogP contribution in [0.15, 0.2) is 0 Å². The topological polar surface area (TPSA) is 26.3 Å². The molecule has 1 heterocycles. The van der Waals surface area contributed by atoms with Gasteiger partial charge in [0.2, 0.25) is 0 Å². The third-order valence-electron chi connectivity index (χ3n) is 2.50. The van der Waals surface area contributed by atoms with Crippen LogP contribution < -0.4 is 0 Å². The fourth-order valence-electron chi connectivity index (χ4n) is 1.67. The number of carbonyl (C=O) groups excluding carboxylic acids is 1. The highest BCUT2D eigenvalue weighted by molar-refractivity contribution is 5.71. The molecule has 0 aromatic rings. The van der Waals surface area contributed by atoms with Gasteiger partial charge in [-0.1, -0.05) is 26.7 Å². The van der Waals surface area contributed by atoms with Crippen LogP contribution in [-0.4, -0.2) is 12.1 Å². The van der Waals surface area contributed by atoms with Crippen LogP contribution >= 0.6 is 0 Å². The first-order chi connectivity index (χ1) is 5.74. The van der Waals surface area contributed by atoms with E-state index in [1.165, 1.54) is 19.3 Å². The van der Waals surface area contributed by atoms with E-state index in [2.05, 4.69) is 13.8 Å². The van der Waals surface area contributed by atoms with Gasteiger partial charge in [0.15, 0.2) is 0 Å². The minimum atomic E-state index is -0.0102. The molecule has 0 bridgehead atoms. The predicted molar refractivity (Wildman–Crippen MR) is 47.8 cm³/mol. The molecule has 0 N–H and O–H groups in total. The van der Waals surface area contributed by atoms with Crippen LogP contribution in [0.5, 0.6) is 0 Å². The van der Waals surface area contributed by atoms with Crippen LogP contribution in [0.3, 0.4) is 0 Å². The molecule has 0 aromatic carbocycles. The number of esters is 1. The Hall–Kier alpha value is -0.530. The first-order valence-electron chi connectivity index (χ1n) is 4.93. The quantitative estimate of drug-likeness (QED) is 0.478. The maximum Gasteiger partial charge on any atom is 0.306 e. The standard InChI is InChI=1S/C10H18O2/c1-3-4-5-6-9-8(2)7-10(11)12-9/h8-9H,3-7H2,1-2H3/t8-,9-/m1/s1. The Balaban J connectivity index is 2.19. The number of carbonyl (C=O) groups is 1. The smallest absolute Gasteiger partial charge is 0.306 e. The molecule has 2 heteroatoms. The molecule has 0 unspecified atom stereocenters. The molecule has 0 spiro atoms. The number of ether oxygens (including phenoxy) is 1. The van der Waals surface area contributed by atoms with Gasteiger partial charge in [0.1, 0.15) is 6.10 Å². The summed E-state index contributed by atoms with van der Waals surface area (Å²) in [5.74, 6) is 0.429. The van der Waals surface area contributed by atoms with Gasteiger partial charge < -0.3 is 4.74 Å². The Morgan fingerprint density at radius 2 is 2.25 bits per heavy atom. The lowest BCUT2D eigenvalue weighted by molar-refractivity contribution is -0.141. The number of unbranched alkanes of at least 4 members (excludes halogenated alkanes) is 2. The summed E-state index contributed by atoms with van der Waals surface area (Å²) in [6, 6.07) is 0. The summed E-state index contributed by atoms with van der Waals surface area (Å²) in [7, 11) is 0. The van der Waals surface area contributed by atoms with Crippen molar-refractivity contribution in [3.05, 3.63) is 0 Å². The summed E-state index contributed by atoms with van der Waals surface area (Å²) >= 11 is 0. The normalized spacial score (nSPS) is 29.0. The van der Waals surface area contributed by atoms with Gasteiger partial charge in [0, 0.05) is 5.92 Å². The number of rotatable bonds is 4. The molecule has 1 aliphatic rings. The van der Waals surface area contributed by atoms with Crippen molar-refractivity contribution in [2.75, 3.05) is 0 Å². The Morgan fingerprint density at radius 3 is 2.75 bits per heavy atom. The van der Waals surface area contributed by atoms with Crippen molar-refractivity contribution in [2.45, 2.75) is 52.1 Å². The van der Waals surface area contributed by atoms with E-state index in [4.69, 9.17) is 4.74 Å². The summed E-state index contributed by atoms with van der Waals surface area (Å²) in [5.41, 5.74) is 0. The highest BCUT2D eigenvalue weighted by atomic mass is 16.5. The van der Waals surface area contributed by atoms with Gasteiger partial charge in [0.25, 0.3) is 0 Å². The molecule has 0 saturated carbocycles. The highest BCUT2D eigenvalue weighted by Gasteiger charge is 2.30. The molecule has 0 aromatic heterocycles. The monoisotopic (exact) mass is 170 g/mol. The summed E-state index contributed by atoms with van der Waals surface area (Å²) < 4.78 is 5.18.